The van der Waals surface area contributed by atoms with Gasteiger partial charge in [0, 0.05) is 19.1 Å². The Balaban J connectivity index is 2.45. The van der Waals surface area contributed by atoms with E-state index >= 15 is 0 Å². The molecule has 1 aromatic rings. The molecular weight excluding hydrogens is 220 g/mol. The molecule has 0 aliphatic carbocycles. The van der Waals surface area contributed by atoms with Crippen molar-refractivity contribution in [3.8, 4) is 0 Å². The summed E-state index contributed by atoms with van der Waals surface area (Å²) in [5.74, 6) is 0. The molecule has 2 nitrogen and oxygen atoms in total. The molecule has 0 aromatic heterocycles. The fraction of sp³-hybridized carbons (Fsp3) is 0.625. The number of hydrogen-bond acceptors (Lipinski definition) is 2. The number of hydrogen-bond donors (Lipinski definition) is 1. The van der Waals surface area contributed by atoms with Crippen LogP contribution in [0.2, 0.25) is 0 Å². The summed E-state index contributed by atoms with van der Waals surface area (Å²) >= 11 is 0. The molecule has 0 bridgehead atoms. The van der Waals surface area contributed by atoms with Gasteiger partial charge in [-0.1, -0.05) is 38.1 Å². The second kappa shape index (κ2) is 8.28. The summed E-state index contributed by atoms with van der Waals surface area (Å²) in [7, 11) is 2.21. The largest absolute Gasteiger partial charge is 0.313 e. The lowest BCUT2D eigenvalue weighted by molar-refractivity contribution is 0.277. The molecule has 1 atom stereocenters. The average molecular weight is 248 g/mol. The zero-order chi connectivity index (χ0) is 13.4. The molecule has 1 N–H and O–H groups in total. The van der Waals surface area contributed by atoms with Crippen LogP contribution < -0.4 is 5.32 Å². The van der Waals surface area contributed by atoms with Crippen molar-refractivity contribution in [2.45, 2.75) is 46.2 Å². The van der Waals surface area contributed by atoms with Crippen LogP contribution in [0.5, 0.6) is 0 Å². The first-order valence-corrected chi connectivity index (χ1v) is 7.13. The summed E-state index contributed by atoms with van der Waals surface area (Å²) in [6, 6.07) is 9.26. The lowest BCUT2D eigenvalue weighted by Gasteiger charge is -2.24. The van der Waals surface area contributed by atoms with E-state index in [-0.39, 0.29) is 0 Å². The highest BCUT2D eigenvalue weighted by atomic mass is 15.1. The van der Waals surface area contributed by atoms with Crippen LogP contribution in [0.3, 0.4) is 0 Å². The number of aryl methyl sites for hydroxylation is 1. The lowest BCUT2D eigenvalue weighted by Crippen LogP contribution is -2.39. The molecule has 102 valence electrons. The third-order valence-corrected chi connectivity index (χ3v) is 3.41. The van der Waals surface area contributed by atoms with E-state index in [4.69, 9.17) is 0 Å². The highest BCUT2D eigenvalue weighted by Crippen LogP contribution is 2.10. The molecule has 0 aliphatic heterocycles. The van der Waals surface area contributed by atoms with Gasteiger partial charge in [-0.2, -0.15) is 0 Å². The number of nitrogens with zero attached hydrogens (tertiary/aromatic N) is 1. The Bertz CT molecular complexity index is 336. The third-order valence-electron chi connectivity index (χ3n) is 3.41. The minimum atomic E-state index is 0.610. The normalized spacial score (nSPS) is 12.9. The highest BCUT2D eigenvalue weighted by molar-refractivity contribution is 5.25. The maximum Gasteiger partial charge on any atom is 0.0233 e. The number of rotatable bonds is 8. The van der Waals surface area contributed by atoms with E-state index in [1.165, 1.54) is 24.0 Å². The molecule has 2 heteroatoms. The van der Waals surface area contributed by atoms with Gasteiger partial charge >= 0.3 is 0 Å². The highest BCUT2D eigenvalue weighted by Gasteiger charge is 2.09. The maximum absolute atomic E-state index is 3.61. The van der Waals surface area contributed by atoms with E-state index in [1.807, 2.05) is 0 Å². The van der Waals surface area contributed by atoms with Crippen molar-refractivity contribution in [2.75, 3.05) is 20.1 Å². The third kappa shape index (κ3) is 5.19. The quantitative estimate of drug-likeness (QED) is 0.760. The van der Waals surface area contributed by atoms with Gasteiger partial charge in [0.2, 0.25) is 0 Å². The number of benzene rings is 1. The summed E-state index contributed by atoms with van der Waals surface area (Å²) in [6.45, 7) is 9.94. The summed E-state index contributed by atoms with van der Waals surface area (Å²) in [6.07, 6.45) is 2.40. The molecule has 1 unspecified atom stereocenters. The maximum atomic E-state index is 3.61. The van der Waals surface area contributed by atoms with Crippen molar-refractivity contribution in [3.63, 3.8) is 0 Å². The van der Waals surface area contributed by atoms with Gasteiger partial charge in [0.05, 0.1) is 0 Å². The van der Waals surface area contributed by atoms with Crippen LogP contribution in [0.15, 0.2) is 24.3 Å². The molecule has 18 heavy (non-hydrogen) atoms. The smallest absolute Gasteiger partial charge is 0.0233 e. The molecule has 0 spiro atoms. The second-order valence-corrected chi connectivity index (χ2v) is 5.18. The van der Waals surface area contributed by atoms with Crippen LogP contribution in [0.1, 0.15) is 37.8 Å². The Labute approximate surface area is 112 Å². The average Bonchev–Trinajstić information content (AvgIpc) is 2.37. The summed E-state index contributed by atoms with van der Waals surface area (Å²) < 4.78 is 0. The van der Waals surface area contributed by atoms with E-state index in [1.54, 1.807) is 0 Å². The Morgan fingerprint density at radius 1 is 1.22 bits per heavy atom. The standard InChI is InChI=1S/C16H28N2/c1-5-11-17-16(6-2)13-18(4)12-15-10-8-7-9-14(15)3/h7-10,16-17H,5-6,11-13H2,1-4H3. The Kier molecular flexibility index (Phi) is 6.99. The van der Waals surface area contributed by atoms with Gasteiger partial charge in [-0.25, -0.2) is 0 Å². The fourth-order valence-corrected chi connectivity index (χ4v) is 2.21. The van der Waals surface area contributed by atoms with Crippen molar-refractivity contribution in [1.29, 1.82) is 0 Å². The van der Waals surface area contributed by atoms with Crippen LogP contribution in [0.4, 0.5) is 0 Å². The first-order chi connectivity index (χ1) is 8.67. The van der Waals surface area contributed by atoms with Crippen LogP contribution in [0.25, 0.3) is 0 Å². The molecule has 0 saturated heterocycles. The molecule has 0 fully saturated rings. The Morgan fingerprint density at radius 3 is 2.56 bits per heavy atom. The fourth-order valence-electron chi connectivity index (χ4n) is 2.21. The van der Waals surface area contributed by atoms with E-state index in [2.05, 4.69) is 62.3 Å². The molecule has 0 aliphatic rings. The van der Waals surface area contributed by atoms with Crippen molar-refractivity contribution in [2.24, 2.45) is 0 Å². The van der Waals surface area contributed by atoms with Crippen LogP contribution in [0, 0.1) is 6.92 Å². The Morgan fingerprint density at radius 2 is 1.94 bits per heavy atom. The molecule has 1 aromatic carbocycles. The van der Waals surface area contributed by atoms with Gasteiger partial charge in [0.15, 0.2) is 0 Å². The van der Waals surface area contributed by atoms with Gasteiger partial charge < -0.3 is 10.2 Å². The van der Waals surface area contributed by atoms with Crippen LogP contribution in [-0.4, -0.2) is 31.1 Å². The predicted molar refractivity (Wildman–Crippen MR) is 79.9 cm³/mol. The first kappa shape index (κ1) is 15.2. The molecule has 0 radical (unpaired) electrons. The van der Waals surface area contributed by atoms with Gasteiger partial charge in [-0.15, -0.1) is 0 Å². The van der Waals surface area contributed by atoms with E-state index < -0.39 is 0 Å². The van der Waals surface area contributed by atoms with Crippen molar-refractivity contribution >= 4 is 0 Å². The van der Waals surface area contributed by atoms with Gasteiger partial charge in [0.1, 0.15) is 0 Å². The minimum Gasteiger partial charge on any atom is -0.313 e. The molecule has 0 amide bonds. The molecule has 1 rings (SSSR count). The lowest BCUT2D eigenvalue weighted by atomic mass is 10.1. The zero-order valence-electron chi connectivity index (χ0n) is 12.4. The summed E-state index contributed by atoms with van der Waals surface area (Å²) in [5.41, 5.74) is 2.82. The minimum absolute atomic E-state index is 0.610. The predicted octanol–water partition coefficient (Wildman–Crippen LogP) is 3.21. The van der Waals surface area contributed by atoms with E-state index in [9.17, 15) is 0 Å². The van der Waals surface area contributed by atoms with E-state index in [0.29, 0.717) is 6.04 Å². The van der Waals surface area contributed by atoms with Crippen LogP contribution in [-0.2, 0) is 6.54 Å². The SMILES string of the molecule is CCCNC(CC)CN(C)Cc1ccccc1C. The molecular formula is C16H28N2. The van der Waals surface area contributed by atoms with Gasteiger partial charge in [0.25, 0.3) is 0 Å². The topological polar surface area (TPSA) is 15.3 Å². The van der Waals surface area contributed by atoms with Gasteiger partial charge in [-0.05, 0) is 44.5 Å². The van der Waals surface area contributed by atoms with Crippen molar-refractivity contribution in [3.05, 3.63) is 35.4 Å². The second-order valence-electron chi connectivity index (χ2n) is 5.18. The number of nitrogens with one attached hydrogen (secondary N) is 1. The zero-order valence-corrected chi connectivity index (χ0v) is 12.4. The van der Waals surface area contributed by atoms with Gasteiger partial charge in [-0.3, -0.25) is 0 Å². The van der Waals surface area contributed by atoms with Crippen molar-refractivity contribution < 1.29 is 0 Å². The monoisotopic (exact) mass is 248 g/mol. The van der Waals surface area contributed by atoms with Crippen LogP contribution >= 0.6 is 0 Å². The molecule has 0 heterocycles. The van der Waals surface area contributed by atoms with Crippen molar-refractivity contribution in [1.82, 2.24) is 10.2 Å². The summed E-state index contributed by atoms with van der Waals surface area (Å²) in [5, 5.41) is 3.61. The first-order valence-electron chi connectivity index (χ1n) is 7.13. The Hall–Kier alpha value is -0.860. The summed E-state index contributed by atoms with van der Waals surface area (Å²) in [4.78, 5) is 2.42. The molecule has 0 saturated carbocycles. The number of likely N-dealkylation sites (N-methyl/N-ethyl adjacent to an activating group) is 1. The van der Waals surface area contributed by atoms with E-state index in [0.717, 1.165) is 19.6 Å².